The number of aromatic nitrogens is 1. The number of nitrogen functional groups attached to an aromatic ring is 1. The van der Waals surface area contributed by atoms with Gasteiger partial charge < -0.3 is 15.8 Å². The van der Waals surface area contributed by atoms with Crippen LogP contribution in [0.3, 0.4) is 0 Å². The summed E-state index contributed by atoms with van der Waals surface area (Å²) in [6.45, 7) is 10.4. The number of rotatable bonds is 4. The molecule has 5 rings (SSSR count). The number of halogens is 1. The third-order valence-corrected chi connectivity index (χ3v) is 6.73. The molecule has 1 aromatic heterocycles. The molecule has 2 aliphatic heterocycles. The van der Waals surface area contributed by atoms with Gasteiger partial charge in [0.2, 0.25) is 5.95 Å². The predicted molar refractivity (Wildman–Crippen MR) is 131 cm³/mol. The predicted octanol–water partition coefficient (Wildman–Crippen LogP) is 4.65. The zero-order chi connectivity index (χ0) is 22.9. The zero-order valence-corrected chi connectivity index (χ0v) is 18.9. The van der Waals surface area contributed by atoms with Crippen molar-refractivity contribution < 1.29 is 9.13 Å². The molecule has 3 aromatic rings. The second kappa shape index (κ2) is 8.96. The van der Waals surface area contributed by atoms with Crippen molar-refractivity contribution in [2.24, 2.45) is 0 Å². The third kappa shape index (κ3) is 4.12. The average Bonchev–Trinajstić information content (AvgIpc) is 2.84. The second-order valence-corrected chi connectivity index (χ2v) is 8.63. The lowest BCUT2D eigenvalue weighted by Crippen LogP contribution is -2.39. The molecular formula is C27H29FN4O. The smallest absolute Gasteiger partial charge is 0.222 e. The van der Waals surface area contributed by atoms with Crippen molar-refractivity contribution >= 4 is 11.5 Å². The Morgan fingerprint density at radius 1 is 1.12 bits per heavy atom. The minimum Gasteiger partial charge on any atom is -0.385 e. The van der Waals surface area contributed by atoms with E-state index in [2.05, 4.69) is 46.9 Å². The van der Waals surface area contributed by atoms with Gasteiger partial charge in [-0.2, -0.15) is 4.39 Å². The van der Waals surface area contributed by atoms with Crippen molar-refractivity contribution in [2.75, 3.05) is 38.6 Å². The van der Waals surface area contributed by atoms with Crippen LogP contribution in [0.25, 0.3) is 28.0 Å². The van der Waals surface area contributed by atoms with Crippen LogP contribution >= 0.6 is 0 Å². The lowest BCUT2D eigenvalue weighted by molar-refractivity contribution is -0.00574. The van der Waals surface area contributed by atoms with E-state index in [4.69, 9.17) is 10.5 Å². The fraction of sp³-hybridized carbons (Fsp3) is 0.296. The summed E-state index contributed by atoms with van der Waals surface area (Å²) in [5.74, 6) is -0.366. The lowest BCUT2D eigenvalue weighted by atomic mass is 9.93. The van der Waals surface area contributed by atoms with Gasteiger partial charge in [0.25, 0.3) is 0 Å². The molecule has 2 aliphatic rings. The van der Waals surface area contributed by atoms with Crippen molar-refractivity contribution in [3.05, 3.63) is 77.7 Å². The largest absolute Gasteiger partial charge is 0.385 e. The van der Waals surface area contributed by atoms with E-state index >= 15 is 0 Å². The van der Waals surface area contributed by atoms with Crippen LogP contribution in [0.2, 0.25) is 0 Å². The van der Waals surface area contributed by atoms with Gasteiger partial charge in [-0.05, 0) is 41.3 Å². The van der Waals surface area contributed by atoms with Crippen LogP contribution in [0, 0.1) is 5.95 Å². The highest BCUT2D eigenvalue weighted by atomic mass is 19.1. The highest BCUT2D eigenvalue weighted by Gasteiger charge is 2.23. The Balaban J connectivity index is 1.49. The van der Waals surface area contributed by atoms with Crippen molar-refractivity contribution in [3.63, 3.8) is 0 Å². The molecule has 3 N–H and O–H groups in total. The number of morpholine rings is 1. The highest BCUT2D eigenvalue weighted by molar-refractivity contribution is 5.81. The van der Waals surface area contributed by atoms with Crippen LogP contribution in [0.1, 0.15) is 29.7 Å². The lowest BCUT2D eigenvalue weighted by Gasteiger charge is -2.35. The van der Waals surface area contributed by atoms with E-state index in [0.29, 0.717) is 12.2 Å². The number of nitrogens with two attached hydrogens (primary N) is 1. The molecule has 0 bridgehead atoms. The van der Waals surface area contributed by atoms with E-state index in [1.807, 2.05) is 30.3 Å². The maximum absolute atomic E-state index is 14.9. The second-order valence-electron chi connectivity index (χ2n) is 8.63. The molecule has 33 heavy (non-hydrogen) atoms. The number of likely N-dealkylation sites (N-methyl/N-ethyl adjacent to an activating group) is 1. The molecule has 2 aromatic carbocycles. The molecular weight excluding hydrogens is 415 g/mol. The Morgan fingerprint density at radius 2 is 1.91 bits per heavy atom. The van der Waals surface area contributed by atoms with E-state index in [0.717, 1.165) is 60.6 Å². The summed E-state index contributed by atoms with van der Waals surface area (Å²) in [6, 6.07) is 16.2. The molecule has 1 unspecified atom stereocenters. The number of hydrogen-bond donors (Lipinski definition) is 2. The number of fused-ring (bicyclic) bond motifs is 1. The van der Waals surface area contributed by atoms with Gasteiger partial charge >= 0.3 is 0 Å². The summed E-state index contributed by atoms with van der Waals surface area (Å²) in [4.78, 5) is 6.45. The first-order chi connectivity index (χ1) is 16.0. The van der Waals surface area contributed by atoms with Crippen LogP contribution in [-0.4, -0.2) is 42.7 Å². The minimum atomic E-state index is -0.560. The highest BCUT2D eigenvalue weighted by Crippen LogP contribution is 2.35. The summed E-state index contributed by atoms with van der Waals surface area (Å²) < 4.78 is 20.6. The zero-order valence-electron chi connectivity index (χ0n) is 18.9. The van der Waals surface area contributed by atoms with Gasteiger partial charge in [-0.15, -0.1) is 0 Å². The molecule has 1 fully saturated rings. The Kier molecular flexibility index (Phi) is 5.87. The number of anilines is 1. The number of nitrogens with one attached hydrogen (secondary N) is 1. The molecule has 3 heterocycles. The van der Waals surface area contributed by atoms with Gasteiger partial charge in [0.05, 0.1) is 19.3 Å². The number of pyridine rings is 1. The molecule has 0 radical (unpaired) electrons. The number of benzene rings is 2. The van der Waals surface area contributed by atoms with E-state index in [-0.39, 0.29) is 11.9 Å². The topological polar surface area (TPSA) is 63.4 Å². The van der Waals surface area contributed by atoms with E-state index in [9.17, 15) is 4.39 Å². The summed E-state index contributed by atoms with van der Waals surface area (Å²) in [6.07, 6.45) is 0.907. The van der Waals surface area contributed by atoms with Crippen molar-refractivity contribution in [1.82, 2.24) is 15.2 Å². The average molecular weight is 445 g/mol. The van der Waals surface area contributed by atoms with Crippen LogP contribution in [0.5, 0.6) is 0 Å². The van der Waals surface area contributed by atoms with Crippen molar-refractivity contribution in [1.29, 1.82) is 0 Å². The molecule has 6 heteroatoms. The van der Waals surface area contributed by atoms with Gasteiger partial charge in [-0.25, -0.2) is 4.98 Å². The molecule has 170 valence electrons. The van der Waals surface area contributed by atoms with Crippen LogP contribution in [0.4, 0.5) is 10.2 Å². The van der Waals surface area contributed by atoms with Gasteiger partial charge in [-0.1, -0.05) is 56.0 Å². The van der Waals surface area contributed by atoms with Crippen molar-refractivity contribution in [2.45, 2.75) is 19.4 Å². The molecule has 0 amide bonds. The standard InChI is InChI=1S/C27H29FN4O/c1-3-32-12-13-33-16-25(32)19-6-4-18(5-7-19)23-15-24(27(29)31-26(23)28)20-8-9-22-17(2)30-11-10-21(22)14-20/h4-9,14-15,25,30H,2-3,10-13,16H2,1H3,(H2,29,31). The summed E-state index contributed by atoms with van der Waals surface area (Å²) in [7, 11) is 0. The first-order valence-electron chi connectivity index (χ1n) is 11.5. The molecule has 0 spiro atoms. The van der Waals surface area contributed by atoms with Crippen LogP contribution < -0.4 is 11.1 Å². The number of nitrogens with zero attached hydrogens (tertiary/aromatic N) is 2. The Labute approximate surface area is 194 Å². The van der Waals surface area contributed by atoms with Gasteiger partial charge in [0, 0.05) is 35.5 Å². The first kappa shape index (κ1) is 21.6. The SMILES string of the molecule is C=C1NCCc2cc(-c3cc(-c4ccc(C5COCCN5CC)cc4)c(F)nc3N)ccc21. The quantitative estimate of drug-likeness (QED) is 0.574. The molecule has 0 saturated carbocycles. The maximum atomic E-state index is 14.9. The van der Waals surface area contributed by atoms with Crippen LogP contribution in [-0.2, 0) is 11.2 Å². The van der Waals surface area contributed by atoms with Gasteiger partial charge in [-0.3, -0.25) is 4.90 Å². The number of hydrogen-bond acceptors (Lipinski definition) is 5. The Bertz CT molecular complexity index is 1190. The molecule has 5 nitrogen and oxygen atoms in total. The fourth-order valence-corrected chi connectivity index (χ4v) is 4.85. The van der Waals surface area contributed by atoms with Gasteiger partial charge in [0.15, 0.2) is 0 Å². The molecule has 0 aliphatic carbocycles. The van der Waals surface area contributed by atoms with E-state index in [1.165, 1.54) is 11.1 Å². The third-order valence-electron chi connectivity index (χ3n) is 6.73. The summed E-state index contributed by atoms with van der Waals surface area (Å²) in [5, 5.41) is 3.29. The normalized spacial score (nSPS) is 18.6. The maximum Gasteiger partial charge on any atom is 0.222 e. The molecule has 1 atom stereocenters. The monoisotopic (exact) mass is 444 g/mol. The van der Waals surface area contributed by atoms with E-state index < -0.39 is 5.95 Å². The van der Waals surface area contributed by atoms with Crippen molar-refractivity contribution in [3.8, 4) is 22.3 Å². The Morgan fingerprint density at radius 3 is 2.70 bits per heavy atom. The molecule has 1 saturated heterocycles. The minimum absolute atomic E-state index is 0.193. The first-order valence-corrected chi connectivity index (χ1v) is 11.5. The van der Waals surface area contributed by atoms with E-state index in [1.54, 1.807) is 0 Å². The van der Waals surface area contributed by atoms with Crippen LogP contribution in [0.15, 0.2) is 55.1 Å². The fourth-order valence-electron chi connectivity index (χ4n) is 4.85. The Hall–Kier alpha value is -3.22. The summed E-state index contributed by atoms with van der Waals surface area (Å²) >= 11 is 0. The number of ether oxygens (including phenoxy) is 1. The summed E-state index contributed by atoms with van der Waals surface area (Å²) in [5.41, 5.74) is 13.5. The van der Waals surface area contributed by atoms with Gasteiger partial charge in [0.1, 0.15) is 5.82 Å².